The molecule has 300 valence electrons. The Balaban J connectivity index is 0.000000221. The highest BCUT2D eigenvalue weighted by Crippen LogP contribution is 2.33. The van der Waals surface area contributed by atoms with E-state index in [0.717, 1.165) is 47.4 Å². The topological polar surface area (TPSA) is 197 Å². The Bertz CT molecular complexity index is 2270. The number of halogens is 1. The first-order valence-corrected chi connectivity index (χ1v) is 18.9. The van der Waals surface area contributed by atoms with Crippen LogP contribution in [-0.2, 0) is 20.9 Å². The van der Waals surface area contributed by atoms with Crippen LogP contribution in [0.15, 0.2) is 53.5 Å². The highest BCUT2D eigenvalue weighted by Gasteiger charge is 2.45. The summed E-state index contributed by atoms with van der Waals surface area (Å²) in [6.45, 7) is 2.77. The number of methoxy groups -OCH3 is 1. The van der Waals surface area contributed by atoms with E-state index in [1.165, 1.54) is 26.6 Å². The number of aromatic nitrogens is 3. The van der Waals surface area contributed by atoms with Crippen LogP contribution in [-0.4, -0.2) is 114 Å². The molecule has 0 radical (unpaired) electrons. The standard InChI is InChI=1S/C25H32ClN7O3.C14H12N2O5/c1-27-22(34)16-36-21-14-17-13-18(7-8-20(17)33(24(21)35)12-11-31(2)3)29-23-19(26)15-28-25(30-23)32-9-5-4-6-10-32;1-21-9-4-2-3-7-11(9)14(20)16(13(7)19)8-5-6-10(17)15-12(8)18/h7-8,13-15H,4-6,9-12,16H2,1-3H3,(H,27,34)(H,28,29,30);2-4,8H,5-6H2,1H3,(H,15,17,18). The molecule has 57 heavy (non-hydrogen) atoms. The molecule has 2 fully saturated rings. The van der Waals surface area contributed by atoms with Crippen molar-refractivity contribution in [1.82, 2.24) is 35.0 Å². The predicted octanol–water partition coefficient (Wildman–Crippen LogP) is 2.96. The van der Waals surface area contributed by atoms with Crippen molar-refractivity contribution in [3.05, 3.63) is 75.2 Å². The number of nitrogens with one attached hydrogen (secondary N) is 3. The smallest absolute Gasteiger partial charge is 0.293 e. The van der Waals surface area contributed by atoms with Crippen LogP contribution in [0.4, 0.5) is 17.5 Å². The predicted molar refractivity (Wildman–Crippen MR) is 212 cm³/mol. The molecule has 0 aliphatic carbocycles. The van der Waals surface area contributed by atoms with Crippen molar-refractivity contribution in [1.29, 1.82) is 0 Å². The van der Waals surface area contributed by atoms with Crippen molar-refractivity contribution in [2.24, 2.45) is 0 Å². The van der Waals surface area contributed by atoms with E-state index in [-0.39, 0.29) is 47.8 Å². The number of carbonyl (C=O) groups is 5. The van der Waals surface area contributed by atoms with Crippen LogP contribution in [0.3, 0.4) is 0 Å². The first-order chi connectivity index (χ1) is 27.4. The molecule has 0 bridgehead atoms. The Kier molecular flexibility index (Phi) is 12.7. The number of likely N-dealkylation sites (N-methyl/N-ethyl adjacent to an activating group) is 2. The van der Waals surface area contributed by atoms with Crippen LogP contribution < -0.4 is 35.9 Å². The normalized spacial score (nSPS) is 16.6. The summed E-state index contributed by atoms with van der Waals surface area (Å²) in [4.78, 5) is 86.9. The molecule has 18 heteroatoms. The zero-order valence-electron chi connectivity index (χ0n) is 32.1. The Morgan fingerprint density at radius 1 is 1.02 bits per heavy atom. The largest absolute Gasteiger partial charge is 0.496 e. The maximum absolute atomic E-state index is 13.1. The molecule has 2 aromatic carbocycles. The van der Waals surface area contributed by atoms with Gasteiger partial charge in [0.1, 0.15) is 16.8 Å². The molecule has 7 rings (SSSR count). The van der Waals surface area contributed by atoms with Crippen LogP contribution in [0.25, 0.3) is 10.9 Å². The fraction of sp³-hybridized carbons (Fsp3) is 0.385. The summed E-state index contributed by atoms with van der Waals surface area (Å²) in [5, 5.41) is 9.15. The maximum Gasteiger partial charge on any atom is 0.293 e. The van der Waals surface area contributed by atoms with Crippen molar-refractivity contribution in [2.75, 3.05) is 64.7 Å². The summed E-state index contributed by atoms with van der Waals surface area (Å²) >= 11 is 6.42. The molecular formula is C39H44ClN9O8. The molecule has 3 aliphatic heterocycles. The number of anilines is 3. The van der Waals surface area contributed by atoms with Crippen LogP contribution in [0.2, 0.25) is 5.02 Å². The Morgan fingerprint density at radius 3 is 2.49 bits per heavy atom. The number of hydrogen-bond acceptors (Lipinski definition) is 13. The number of rotatable bonds is 11. The van der Waals surface area contributed by atoms with E-state index in [1.54, 1.807) is 29.0 Å². The molecule has 17 nitrogen and oxygen atoms in total. The third kappa shape index (κ3) is 8.99. The zero-order chi connectivity index (χ0) is 40.8. The lowest BCUT2D eigenvalue weighted by Crippen LogP contribution is -2.54. The van der Waals surface area contributed by atoms with Gasteiger partial charge < -0.3 is 34.5 Å². The van der Waals surface area contributed by atoms with Crippen LogP contribution in [0.1, 0.15) is 52.8 Å². The van der Waals surface area contributed by atoms with Crippen LogP contribution in [0, 0.1) is 0 Å². The number of nitrogens with zero attached hydrogens (tertiary/aromatic N) is 6. The fourth-order valence-electron chi connectivity index (χ4n) is 6.76. The molecule has 4 aromatic rings. The number of hydrogen-bond donors (Lipinski definition) is 3. The van der Waals surface area contributed by atoms with Gasteiger partial charge in [0.15, 0.2) is 18.2 Å². The van der Waals surface area contributed by atoms with Gasteiger partial charge in [-0.05, 0) is 76.2 Å². The Morgan fingerprint density at radius 2 is 1.79 bits per heavy atom. The molecule has 5 heterocycles. The number of amides is 5. The van der Waals surface area contributed by atoms with Gasteiger partial charge in [-0.2, -0.15) is 4.98 Å². The van der Waals surface area contributed by atoms with Gasteiger partial charge in [-0.25, -0.2) is 4.98 Å². The summed E-state index contributed by atoms with van der Waals surface area (Å²) < 4.78 is 12.4. The van der Waals surface area contributed by atoms with Gasteiger partial charge in [-0.3, -0.25) is 39.0 Å². The summed E-state index contributed by atoms with van der Waals surface area (Å²) in [7, 11) is 6.83. The molecule has 2 aromatic heterocycles. The van der Waals surface area contributed by atoms with Crippen molar-refractivity contribution >= 4 is 69.5 Å². The number of benzene rings is 2. The van der Waals surface area contributed by atoms with Gasteiger partial charge in [-0.1, -0.05) is 17.7 Å². The third-order valence-electron chi connectivity index (χ3n) is 9.75. The third-order valence-corrected chi connectivity index (χ3v) is 10.0. The zero-order valence-corrected chi connectivity index (χ0v) is 32.9. The lowest BCUT2D eigenvalue weighted by atomic mass is 10.0. The Hall–Kier alpha value is -6.07. The minimum atomic E-state index is -0.959. The number of piperidine rings is 2. The molecule has 0 saturated carbocycles. The van der Waals surface area contributed by atoms with E-state index in [2.05, 4.69) is 30.8 Å². The SMILES string of the molecule is CNC(=O)COc1cc2cc(Nc3nc(N4CCCCC4)ncc3Cl)ccc2n(CCN(C)C)c1=O.COc1cccc2c1C(=O)N(C1CCC(=O)NC1=O)C2=O. The average molecular weight is 802 g/mol. The second-order valence-electron chi connectivity index (χ2n) is 13.9. The summed E-state index contributed by atoms with van der Waals surface area (Å²) in [6.07, 6.45) is 5.32. The number of fused-ring (bicyclic) bond motifs is 2. The molecule has 0 spiro atoms. The minimum Gasteiger partial charge on any atom is -0.496 e. The summed E-state index contributed by atoms with van der Waals surface area (Å²) in [6, 6.07) is 11.1. The molecule has 3 N–H and O–H groups in total. The first kappa shape index (κ1) is 40.6. The number of carbonyl (C=O) groups excluding carboxylic acids is 5. The second-order valence-corrected chi connectivity index (χ2v) is 14.3. The van der Waals surface area contributed by atoms with E-state index in [1.807, 2.05) is 37.2 Å². The van der Waals surface area contributed by atoms with Crippen LogP contribution in [0.5, 0.6) is 11.5 Å². The summed E-state index contributed by atoms with van der Waals surface area (Å²) in [5.41, 5.74) is 1.61. The fourth-order valence-corrected chi connectivity index (χ4v) is 6.90. The second kappa shape index (κ2) is 17.8. The van der Waals surface area contributed by atoms with Gasteiger partial charge in [0.2, 0.25) is 17.8 Å². The molecule has 1 unspecified atom stereocenters. The number of pyridine rings is 1. The first-order valence-electron chi connectivity index (χ1n) is 18.5. The van der Waals surface area contributed by atoms with Crippen molar-refractivity contribution in [3.8, 4) is 11.5 Å². The van der Waals surface area contributed by atoms with Crippen LogP contribution >= 0.6 is 11.6 Å². The van der Waals surface area contributed by atoms with Crippen molar-refractivity contribution in [3.63, 3.8) is 0 Å². The summed E-state index contributed by atoms with van der Waals surface area (Å²) in [5.74, 6) is -0.855. The molecule has 5 amide bonds. The van der Waals surface area contributed by atoms with Gasteiger partial charge in [0.25, 0.3) is 23.3 Å². The van der Waals surface area contributed by atoms with E-state index < -0.39 is 29.7 Å². The van der Waals surface area contributed by atoms with E-state index in [4.69, 9.17) is 21.1 Å². The molecule has 3 aliphatic rings. The molecule has 1 atom stereocenters. The molecule has 2 saturated heterocycles. The number of imide groups is 2. The van der Waals surface area contributed by atoms with Gasteiger partial charge in [0.05, 0.1) is 30.0 Å². The van der Waals surface area contributed by atoms with Gasteiger partial charge >= 0.3 is 0 Å². The molecular weight excluding hydrogens is 758 g/mol. The lowest BCUT2D eigenvalue weighted by molar-refractivity contribution is -0.136. The maximum atomic E-state index is 13.1. The van der Waals surface area contributed by atoms with Gasteiger partial charge in [-0.15, -0.1) is 0 Å². The van der Waals surface area contributed by atoms with Crippen molar-refractivity contribution < 1.29 is 33.4 Å². The van der Waals surface area contributed by atoms with Gasteiger partial charge in [0, 0.05) is 50.7 Å². The quantitative estimate of drug-likeness (QED) is 0.188. The highest BCUT2D eigenvalue weighted by molar-refractivity contribution is 6.33. The van der Waals surface area contributed by atoms with E-state index in [9.17, 15) is 28.8 Å². The average Bonchev–Trinajstić information content (AvgIpc) is 3.46. The number of ether oxygens (including phenoxy) is 2. The van der Waals surface area contributed by atoms with E-state index >= 15 is 0 Å². The minimum absolute atomic E-state index is 0.0982. The lowest BCUT2D eigenvalue weighted by Gasteiger charge is -2.27. The Labute approximate surface area is 333 Å². The van der Waals surface area contributed by atoms with E-state index in [0.29, 0.717) is 35.6 Å². The monoisotopic (exact) mass is 801 g/mol. The van der Waals surface area contributed by atoms with Crippen molar-refractivity contribution in [2.45, 2.75) is 44.7 Å². The highest BCUT2D eigenvalue weighted by atomic mass is 35.5.